The molecule has 2 nitrogen and oxygen atoms in total. The van der Waals surface area contributed by atoms with Gasteiger partial charge in [0.1, 0.15) is 0 Å². The van der Waals surface area contributed by atoms with E-state index in [0.717, 1.165) is 13.0 Å². The zero-order chi connectivity index (χ0) is 18.5. The van der Waals surface area contributed by atoms with Gasteiger partial charge >= 0.3 is 0 Å². The van der Waals surface area contributed by atoms with Gasteiger partial charge in [0, 0.05) is 17.8 Å². The van der Waals surface area contributed by atoms with Crippen molar-refractivity contribution >= 4 is 24.2 Å². The molecule has 2 N–H and O–H groups in total. The minimum atomic E-state index is -0.277. The lowest BCUT2D eigenvalue weighted by molar-refractivity contribution is 0.255. The Kier molecular flexibility index (Phi) is 7.19. The van der Waals surface area contributed by atoms with E-state index in [4.69, 9.17) is 0 Å². The molecule has 0 saturated carbocycles. The maximum Gasteiger partial charge on any atom is 0.0910 e. The van der Waals surface area contributed by atoms with E-state index in [1.54, 1.807) is 0 Å². The highest BCUT2D eigenvalue weighted by molar-refractivity contribution is 8.01. The fraction of sp³-hybridized carbons (Fsp3) is 0.250. The SMILES string of the molecule is Cl.OC[C@@H]1C[C@@H](SC(c2ccccc2)(c2ccccc2)c2ccccc2)CN1. The smallest absolute Gasteiger partial charge is 0.0910 e. The Morgan fingerprint density at radius 1 is 0.786 bits per heavy atom. The van der Waals surface area contributed by atoms with E-state index in [1.807, 2.05) is 11.8 Å². The topological polar surface area (TPSA) is 32.3 Å². The normalized spacial score (nSPS) is 19.2. The van der Waals surface area contributed by atoms with Crippen molar-refractivity contribution in [3.63, 3.8) is 0 Å². The Morgan fingerprint density at radius 2 is 1.21 bits per heavy atom. The van der Waals surface area contributed by atoms with Gasteiger partial charge < -0.3 is 10.4 Å². The molecule has 0 bridgehead atoms. The van der Waals surface area contributed by atoms with Crippen molar-refractivity contribution in [2.75, 3.05) is 13.2 Å². The molecule has 1 fully saturated rings. The minimum absolute atomic E-state index is 0. The van der Waals surface area contributed by atoms with Crippen LogP contribution in [0, 0.1) is 0 Å². The molecule has 3 aromatic rings. The number of rotatable bonds is 6. The van der Waals surface area contributed by atoms with Gasteiger partial charge in [-0.3, -0.25) is 0 Å². The molecule has 0 unspecified atom stereocenters. The third-order valence-electron chi connectivity index (χ3n) is 5.29. The first-order chi connectivity index (χ1) is 13.3. The number of benzene rings is 3. The minimum Gasteiger partial charge on any atom is -0.395 e. The first-order valence-electron chi connectivity index (χ1n) is 9.51. The van der Waals surface area contributed by atoms with E-state index in [0.29, 0.717) is 5.25 Å². The average molecular weight is 412 g/mol. The molecule has 3 aromatic carbocycles. The molecule has 1 aliphatic rings. The van der Waals surface area contributed by atoms with Crippen molar-refractivity contribution in [2.24, 2.45) is 0 Å². The van der Waals surface area contributed by atoms with Crippen LogP contribution in [0.4, 0.5) is 0 Å². The van der Waals surface area contributed by atoms with E-state index >= 15 is 0 Å². The highest BCUT2D eigenvalue weighted by atomic mass is 35.5. The molecule has 1 aliphatic heterocycles. The van der Waals surface area contributed by atoms with Crippen molar-refractivity contribution in [2.45, 2.75) is 22.5 Å². The van der Waals surface area contributed by atoms with Crippen LogP contribution >= 0.6 is 24.2 Å². The highest BCUT2D eigenvalue weighted by Crippen LogP contribution is 2.51. The lowest BCUT2D eigenvalue weighted by Gasteiger charge is -2.37. The summed E-state index contributed by atoms with van der Waals surface area (Å²) in [5.41, 5.74) is 3.87. The molecule has 0 aromatic heterocycles. The number of hydrogen-bond donors (Lipinski definition) is 2. The number of thioether (sulfide) groups is 1. The van der Waals surface area contributed by atoms with Crippen LogP contribution in [-0.4, -0.2) is 29.5 Å². The van der Waals surface area contributed by atoms with E-state index in [1.165, 1.54) is 16.7 Å². The molecule has 0 radical (unpaired) electrons. The molecule has 0 amide bonds. The largest absolute Gasteiger partial charge is 0.395 e. The third kappa shape index (κ3) is 4.13. The van der Waals surface area contributed by atoms with E-state index < -0.39 is 0 Å². The standard InChI is InChI=1S/C24H25NOS.ClH/c26-18-22-16-23(17-25-22)27-24(19-10-4-1-5-11-19,20-12-6-2-7-13-20)21-14-8-3-9-15-21;/h1-15,22-23,25-26H,16-18H2;1H/t22-,23+;/m0./s1. The summed E-state index contributed by atoms with van der Waals surface area (Å²) in [7, 11) is 0. The molecule has 1 heterocycles. The number of aliphatic hydroxyl groups excluding tert-OH is 1. The Morgan fingerprint density at radius 3 is 1.57 bits per heavy atom. The van der Waals surface area contributed by atoms with Crippen molar-refractivity contribution in [3.05, 3.63) is 108 Å². The van der Waals surface area contributed by atoms with Crippen LogP contribution in [0.15, 0.2) is 91.0 Å². The molecule has 0 spiro atoms. The lowest BCUT2D eigenvalue weighted by Crippen LogP contribution is -2.29. The van der Waals surface area contributed by atoms with Crippen LogP contribution in [0.2, 0.25) is 0 Å². The van der Waals surface area contributed by atoms with Crippen LogP contribution in [0.3, 0.4) is 0 Å². The average Bonchev–Trinajstić information content (AvgIpc) is 3.21. The third-order valence-corrected chi connectivity index (χ3v) is 7.04. The predicted molar refractivity (Wildman–Crippen MR) is 121 cm³/mol. The summed E-state index contributed by atoms with van der Waals surface area (Å²) in [6, 6.07) is 32.6. The Labute approximate surface area is 177 Å². The molecule has 146 valence electrons. The first kappa shape index (κ1) is 20.9. The van der Waals surface area contributed by atoms with Crippen molar-refractivity contribution in [1.29, 1.82) is 0 Å². The highest BCUT2D eigenvalue weighted by Gasteiger charge is 2.40. The Hall–Kier alpha value is -1.78. The fourth-order valence-electron chi connectivity index (χ4n) is 3.98. The number of halogens is 1. The second kappa shape index (κ2) is 9.62. The Balaban J connectivity index is 0.00000225. The zero-order valence-corrected chi connectivity index (χ0v) is 17.3. The fourth-order valence-corrected chi connectivity index (χ4v) is 5.81. The molecular formula is C24H26ClNOS. The van der Waals surface area contributed by atoms with Gasteiger partial charge in [0.05, 0.1) is 11.4 Å². The van der Waals surface area contributed by atoms with Gasteiger partial charge in [0.15, 0.2) is 0 Å². The first-order valence-corrected chi connectivity index (χ1v) is 10.4. The van der Waals surface area contributed by atoms with Gasteiger partial charge in [0.25, 0.3) is 0 Å². The Bertz CT molecular complexity index is 748. The zero-order valence-electron chi connectivity index (χ0n) is 15.7. The maximum absolute atomic E-state index is 9.56. The lowest BCUT2D eigenvalue weighted by atomic mass is 9.84. The van der Waals surface area contributed by atoms with Gasteiger partial charge in [-0.15, -0.1) is 24.2 Å². The van der Waals surface area contributed by atoms with E-state index in [9.17, 15) is 5.11 Å². The van der Waals surface area contributed by atoms with Crippen molar-refractivity contribution < 1.29 is 5.11 Å². The summed E-state index contributed by atoms with van der Waals surface area (Å²) in [4.78, 5) is 0. The van der Waals surface area contributed by atoms with Crippen LogP contribution in [0.1, 0.15) is 23.1 Å². The monoisotopic (exact) mass is 411 g/mol. The van der Waals surface area contributed by atoms with Gasteiger partial charge in [-0.2, -0.15) is 0 Å². The molecule has 0 aliphatic carbocycles. The van der Waals surface area contributed by atoms with Crippen LogP contribution < -0.4 is 5.32 Å². The van der Waals surface area contributed by atoms with Crippen LogP contribution in [-0.2, 0) is 4.75 Å². The molecule has 2 atom stereocenters. The van der Waals surface area contributed by atoms with Crippen LogP contribution in [0.5, 0.6) is 0 Å². The van der Waals surface area contributed by atoms with Gasteiger partial charge in [-0.1, -0.05) is 91.0 Å². The number of hydrogen-bond acceptors (Lipinski definition) is 3. The van der Waals surface area contributed by atoms with E-state index in [2.05, 4.69) is 96.3 Å². The maximum atomic E-state index is 9.56. The number of nitrogens with one attached hydrogen (secondary N) is 1. The second-order valence-electron chi connectivity index (χ2n) is 7.04. The van der Waals surface area contributed by atoms with Gasteiger partial charge in [0.2, 0.25) is 0 Å². The summed E-state index contributed by atoms with van der Waals surface area (Å²) in [5.74, 6) is 0. The summed E-state index contributed by atoms with van der Waals surface area (Å²) >= 11 is 2.00. The summed E-state index contributed by atoms with van der Waals surface area (Å²) in [5, 5.41) is 13.5. The number of aliphatic hydroxyl groups is 1. The van der Waals surface area contributed by atoms with Crippen molar-refractivity contribution in [1.82, 2.24) is 5.32 Å². The molecule has 28 heavy (non-hydrogen) atoms. The summed E-state index contributed by atoms with van der Waals surface area (Å²) in [6.07, 6.45) is 0.982. The summed E-state index contributed by atoms with van der Waals surface area (Å²) < 4.78 is -0.277. The molecular weight excluding hydrogens is 386 g/mol. The summed E-state index contributed by atoms with van der Waals surface area (Å²) in [6.45, 7) is 1.12. The van der Waals surface area contributed by atoms with Crippen molar-refractivity contribution in [3.8, 4) is 0 Å². The van der Waals surface area contributed by atoms with Crippen LogP contribution in [0.25, 0.3) is 0 Å². The molecule has 4 rings (SSSR count). The van der Waals surface area contributed by atoms with Gasteiger partial charge in [-0.05, 0) is 23.1 Å². The quantitative estimate of drug-likeness (QED) is 0.568. The molecule has 4 heteroatoms. The molecule has 1 saturated heterocycles. The second-order valence-corrected chi connectivity index (χ2v) is 8.56. The van der Waals surface area contributed by atoms with Gasteiger partial charge in [-0.25, -0.2) is 0 Å². The predicted octanol–water partition coefficient (Wildman–Crippen LogP) is 4.86. The van der Waals surface area contributed by atoms with E-state index in [-0.39, 0.29) is 29.8 Å².